The lowest BCUT2D eigenvalue weighted by Gasteiger charge is -2.07. The Balaban J connectivity index is 1.59. The van der Waals surface area contributed by atoms with Crippen LogP contribution < -0.4 is 5.32 Å². The van der Waals surface area contributed by atoms with Crippen LogP contribution in [0.25, 0.3) is 10.6 Å². The van der Waals surface area contributed by atoms with Crippen LogP contribution in [0.4, 0.5) is 14.5 Å². The van der Waals surface area contributed by atoms with Crippen molar-refractivity contribution < 1.29 is 23.1 Å². The minimum atomic E-state index is -0.919. The number of amides is 1. The van der Waals surface area contributed by atoms with E-state index in [1.807, 2.05) is 29.6 Å². The van der Waals surface area contributed by atoms with Crippen molar-refractivity contribution in [2.45, 2.75) is 13.3 Å². The summed E-state index contributed by atoms with van der Waals surface area (Å²) in [6.07, 6.45) is 0.925. The highest BCUT2D eigenvalue weighted by Gasteiger charge is 2.17. The van der Waals surface area contributed by atoms with Gasteiger partial charge in [-0.05, 0) is 24.1 Å². The zero-order chi connectivity index (χ0) is 20.1. The van der Waals surface area contributed by atoms with E-state index in [9.17, 15) is 18.4 Å². The first-order valence-electron chi connectivity index (χ1n) is 8.43. The van der Waals surface area contributed by atoms with Crippen molar-refractivity contribution in [3.05, 3.63) is 70.7 Å². The summed E-state index contributed by atoms with van der Waals surface area (Å²) >= 11 is 1.27. The first-order valence-corrected chi connectivity index (χ1v) is 9.31. The lowest BCUT2D eigenvalue weighted by Crippen LogP contribution is -2.22. The lowest BCUT2D eigenvalue weighted by molar-refractivity contribution is -0.119. The van der Waals surface area contributed by atoms with Crippen LogP contribution in [-0.2, 0) is 16.0 Å². The number of nitrogens with zero attached hydrogens (tertiary/aromatic N) is 1. The fourth-order valence-corrected chi connectivity index (χ4v) is 3.18. The summed E-state index contributed by atoms with van der Waals surface area (Å²) < 4.78 is 31.9. The Morgan fingerprint density at radius 2 is 1.79 bits per heavy atom. The van der Waals surface area contributed by atoms with Gasteiger partial charge in [0.25, 0.3) is 5.91 Å². The van der Waals surface area contributed by atoms with Crippen LogP contribution in [-0.4, -0.2) is 23.5 Å². The normalized spacial score (nSPS) is 10.5. The van der Waals surface area contributed by atoms with Crippen LogP contribution in [0.2, 0.25) is 0 Å². The molecular formula is C20H16F2N2O3S. The molecule has 0 unspecified atom stereocenters. The number of hydrogen-bond acceptors (Lipinski definition) is 5. The van der Waals surface area contributed by atoms with Gasteiger partial charge >= 0.3 is 5.97 Å². The Kier molecular flexibility index (Phi) is 6.10. The number of esters is 1. The smallest absolute Gasteiger partial charge is 0.358 e. The van der Waals surface area contributed by atoms with Gasteiger partial charge in [0.2, 0.25) is 0 Å². The van der Waals surface area contributed by atoms with E-state index >= 15 is 0 Å². The molecule has 0 aliphatic rings. The van der Waals surface area contributed by atoms with E-state index in [2.05, 4.69) is 11.9 Å². The standard InChI is InChI=1S/C20H16F2N2O3S/c1-2-12-6-8-13(9-7-12)19-23-16(11-28-19)20(26)27-10-17(25)24-18-14(21)4-3-5-15(18)22/h3-9,11H,2,10H2,1H3,(H,24,25). The summed E-state index contributed by atoms with van der Waals surface area (Å²) in [5, 5.41) is 4.22. The molecule has 28 heavy (non-hydrogen) atoms. The molecule has 2 aromatic carbocycles. The number of carbonyl (C=O) groups excluding carboxylic acids is 2. The zero-order valence-corrected chi connectivity index (χ0v) is 15.7. The molecule has 3 rings (SSSR count). The number of rotatable bonds is 6. The molecule has 0 saturated heterocycles. The van der Waals surface area contributed by atoms with Gasteiger partial charge in [-0.2, -0.15) is 0 Å². The summed E-state index contributed by atoms with van der Waals surface area (Å²) in [5.74, 6) is -3.49. The Morgan fingerprint density at radius 1 is 1.11 bits per heavy atom. The third-order valence-corrected chi connectivity index (χ3v) is 4.78. The number of aromatic nitrogens is 1. The maximum absolute atomic E-state index is 13.5. The molecule has 1 amide bonds. The number of anilines is 1. The molecule has 0 radical (unpaired) electrons. The molecule has 5 nitrogen and oxygen atoms in total. The Labute approximate surface area is 164 Å². The average molecular weight is 402 g/mol. The summed E-state index contributed by atoms with van der Waals surface area (Å²) in [7, 11) is 0. The minimum absolute atomic E-state index is 0.0597. The third-order valence-electron chi connectivity index (χ3n) is 3.88. The fraction of sp³-hybridized carbons (Fsp3) is 0.150. The van der Waals surface area contributed by atoms with Crippen LogP contribution in [0, 0.1) is 11.6 Å². The van der Waals surface area contributed by atoms with Crippen molar-refractivity contribution in [2.75, 3.05) is 11.9 Å². The largest absolute Gasteiger partial charge is 0.451 e. The van der Waals surface area contributed by atoms with Crippen molar-refractivity contribution in [1.82, 2.24) is 4.98 Å². The first kappa shape index (κ1) is 19.6. The molecule has 144 valence electrons. The number of hydrogen-bond donors (Lipinski definition) is 1. The summed E-state index contributed by atoms with van der Waals surface area (Å²) in [6.45, 7) is 1.37. The van der Waals surface area contributed by atoms with Crippen LogP contribution >= 0.6 is 11.3 Å². The van der Waals surface area contributed by atoms with Gasteiger partial charge < -0.3 is 10.1 Å². The molecule has 3 aromatic rings. The summed E-state index contributed by atoms with van der Waals surface area (Å²) in [4.78, 5) is 28.1. The highest BCUT2D eigenvalue weighted by atomic mass is 32.1. The van der Waals surface area contributed by atoms with Crippen LogP contribution in [0.3, 0.4) is 0 Å². The summed E-state index contributed by atoms with van der Waals surface area (Å²) in [5.41, 5.74) is 1.53. The van der Waals surface area contributed by atoms with Gasteiger partial charge in [0, 0.05) is 10.9 Å². The predicted molar refractivity (Wildman–Crippen MR) is 102 cm³/mol. The van der Waals surface area contributed by atoms with E-state index < -0.39 is 35.8 Å². The van der Waals surface area contributed by atoms with Gasteiger partial charge in [-0.3, -0.25) is 4.79 Å². The zero-order valence-electron chi connectivity index (χ0n) is 14.9. The van der Waals surface area contributed by atoms with E-state index in [-0.39, 0.29) is 5.69 Å². The molecule has 0 saturated carbocycles. The van der Waals surface area contributed by atoms with Crippen molar-refractivity contribution in [2.24, 2.45) is 0 Å². The second kappa shape index (κ2) is 8.71. The van der Waals surface area contributed by atoms with E-state index in [1.165, 1.54) is 28.3 Å². The highest BCUT2D eigenvalue weighted by Crippen LogP contribution is 2.24. The molecule has 0 aliphatic carbocycles. The summed E-state index contributed by atoms with van der Waals surface area (Å²) in [6, 6.07) is 11.0. The number of nitrogens with one attached hydrogen (secondary N) is 1. The van der Waals surface area contributed by atoms with E-state index in [1.54, 1.807) is 0 Å². The third kappa shape index (κ3) is 4.58. The maximum Gasteiger partial charge on any atom is 0.358 e. The molecular weight excluding hydrogens is 386 g/mol. The molecule has 0 fully saturated rings. The average Bonchev–Trinajstić information content (AvgIpc) is 3.19. The topological polar surface area (TPSA) is 68.3 Å². The van der Waals surface area contributed by atoms with E-state index in [0.717, 1.165) is 24.1 Å². The molecule has 1 aromatic heterocycles. The quantitative estimate of drug-likeness (QED) is 0.619. The number of halogens is 2. The van der Waals surface area contributed by atoms with E-state index in [0.29, 0.717) is 5.01 Å². The monoisotopic (exact) mass is 402 g/mol. The van der Waals surface area contributed by atoms with Crippen LogP contribution in [0.1, 0.15) is 23.0 Å². The number of carbonyl (C=O) groups is 2. The molecule has 0 atom stereocenters. The van der Waals surface area contributed by atoms with Gasteiger partial charge in [-0.25, -0.2) is 18.6 Å². The fourth-order valence-electron chi connectivity index (χ4n) is 2.38. The number of ether oxygens (including phenoxy) is 1. The molecule has 8 heteroatoms. The van der Waals surface area contributed by atoms with Crippen molar-refractivity contribution in [3.63, 3.8) is 0 Å². The Bertz CT molecular complexity index is 983. The number of benzene rings is 2. The van der Waals surface area contributed by atoms with Crippen LogP contribution in [0.5, 0.6) is 0 Å². The van der Waals surface area contributed by atoms with Crippen molar-refractivity contribution in [1.29, 1.82) is 0 Å². The maximum atomic E-state index is 13.5. The highest BCUT2D eigenvalue weighted by molar-refractivity contribution is 7.13. The molecule has 0 spiro atoms. The number of thiazole rings is 1. The second-order valence-corrected chi connectivity index (χ2v) is 6.67. The predicted octanol–water partition coefficient (Wildman–Crippen LogP) is 4.45. The SMILES string of the molecule is CCc1ccc(-c2nc(C(=O)OCC(=O)Nc3c(F)cccc3F)cs2)cc1. The van der Waals surface area contributed by atoms with Gasteiger partial charge in [0.15, 0.2) is 12.3 Å². The Hall–Kier alpha value is -3.13. The first-order chi connectivity index (χ1) is 13.5. The van der Waals surface area contributed by atoms with Crippen LogP contribution in [0.15, 0.2) is 47.8 Å². The molecule has 1 heterocycles. The molecule has 0 aliphatic heterocycles. The van der Waals surface area contributed by atoms with E-state index in [4.69, 9.17) is 4.74 Å². The van der Waals surface area contributed by atoms with Crippen molar-refractivity contribution >= 4 is 28.9 Å². The van der Waals surface area contributed by atoms with Gasteiger partial charge in [0.1, 0.15) is 22.3 Å². The second-order valence-electron chi connectivity index (χ2n) is 5.81. The molecule has 0 bridgehead atoms. The van der Waals surface area contributed by atoms with Gasteiger partial charge in [-0.1, -0.05) is 37.3 Å². The molecule has 1 N–H and O–H groups in total. The van der Waals surface area contributed by atoms with Crippen molar-refractivity contribution in [3.8, 4) is 10.6 Å². The number of aryl methyl sites for hydroxylation is 1. The lowest BCUT2D eigenvalue weighted by atomic mass is 10.1. The Morgan fingerprint density at radius 3 is 2.43 bits per heavy atom. The number of para-hydroxylation sites is 1. The van der Waals surface area contributed by atoms with Gasteiger partial charge in [0.05, 0.1) is 0 Å². The minimum Gasteiger partial charge on any atom is -0.451 e. The van der Waals surface area contributed by atoms with Gasteiger partial charge in [-0.15, -0.1) is 11.3 Å².